The molecule has 2 heterocycles. The molecule has 1 aromatic heterocycles. The van der Waals surface area contributed by atoms with Crippen molar-refractivity contribution in [1.29, 1.82) is 0 Å². The van der Waals surface area contributed by atoms with Gasteiger partial charge in [0.15, 0.2) is 0 Å². The van der Waals surface area contributed by atoms with Crippen LogP contribution in [0.15, 0.2) is 30.5 Å². The van der Waals surface area contributed by atoms with Crippen molar-refractivity contribution >= 4 is 5.82 Å². The van der Waals surface area contributed by atoms with Crippen molar-refractivity contribution in [2.45, 2.75) is 39.5 Å². The molecule has 1 aliphatic heterocycles. The maximum atomic E-state index is 14.1. The summed E-state index contributed by atoms with van der Waals surface area (Å²) in [5, 5.41) is 10.2. The minimum Gasteiger partial charge on any atom is -0.396 e. The monoisotopic (exact) mass is 343 g/mol. The maximum absolute atomic E-state index is 14.1. The number of aryl methyl sites for hydroxylation is 2. The van der Waals surface area contributed by atoms with Crippen LogP contribution in [-0.2, 0) is 12.8 Å². The second kappa shape index (κ2) is 7.48. The van der Waals surface area contributed by atoms with E-state index < -0.39 is 0 Å². The predicted octanol–water partition coefficient (Wildman–Crippen LogP) is 3.31. The second-order valence-electron chi connectivity index (χ2n) is 7.07. The molecule has 5 heteroatoms. The summed E-state index contributed by atoms with van der Waals surface area (Å²) < 4.78 is 14.1. The standard InChI is InChI=1S/C20H26FN3O/c1-3-16-12-22-15(2)23-19(16)24-10-6-9-20(13-24,14-25)11-17-7-4-5-8-18(17)21/h4-5,7-8,12,25H,3,6,9-11,13-14H2,1-2H3/t20-/m1/s1. The van der Waals surface area contributed by atoms with E-state index in [0.29, 0.717) is 18.5 Å². The smallest absolute Gasteiger partial charge is 0.135 e. The Kier molecular flexibility index (Phi) is 5.33. The summed E-state index contributed by atoms with van der Waals surface area (Å²) in [6.07, 6.45) is 5.15. The van der Waals surface area contributed by atoms with Crippen LogP contribution in [0.4, 0.5) is 10.2 Å². The van der Waals surface area contributed by atoms with Gasteiger partial charge in [0, 0.05) is 30.3 Å². The number of piperidine rings is 1. The zero-order valence-electron chi connectivity index (χ0n) is 15.0. The van der Waals surface area contributed by atoms with Crippen molar-refractivity contribution < 1.29 is 9.50 Å². The van der Waals surface area contributed by atoms with Crippen molar-refractivity contribution in [3.63, 3.8) is 0 Å². The van der Waals surface area contributed by atoms with Crippen LogP contribution < -0.4 is 4.90 Å². The number of benzene rings is 1. The minimum absolute atomic E-state index is 0.0450. The molecule has 25 heavy (non-hydrogen) atoms. The average Bonchev–Trinajstić information content (AvgIpc) is 2.64. The first kappa shape index (κ1) is 17.8. The van der Waals surface area contributed by atoms with E-state index in [2.05, 4.69) is 21.8 Å². The first-order valence-electron chi connectivity index (χ1n) is 8.98. The fraction of sp³-hybridized carbons (Fsp3) is 0.500. The third-order valence-corrected chi connectivity index (χ3v) is 5.16. The highest BCUT2D eigenvalue weighted by atomic mass is 19.1. The summed E-state index contributed by atoms with van der Waals surface area (Å²) in [5.41, 5.74) is 1.45. The Morgan fingerprint density at radius 1 is 1.28 bits per heavy atom. The third-order valence-electron chi connectivity index (χ3n) is 5.16. The Labute approximate surface area is 148 Å². The lowest BCUT2D eigenvalue weighted by atomic mass is 9.75. The number of aliphatic hydroxyl groups is 1. The Balaban J connectivity index is 1.88. The van der Waals surface area contributed by atoms with E-state index in [4.69, 9.17) is 0 Å². The Morgan fingerprint density at radius 3 is 2.80 bits per heavy atom. The van der Waals surface area contributed by atoms with Crippen LogP contribution in [0.3, 0.4) is 0 Å². The molecule has 0 bridgehead atoms. The summed E-state index contributed by atoms with van der Waals surface area (Å²) in [7, 11) is 0. The van der Waals surface area contributed by atoms with E-state index in [0.717, 1.165) is 43.0 Å². The molecule has 134 valence electrons. The number of hydrogen-bond donors (Lipinski definition) is 1. The van der Waals surface area contributed by atoms with E-state index in [-0.39, 0.29) is 17.8 Å². The molecule has 0 amide bonds. The third kappa shape index (κ3) is 3.82. The van der Waals surface area contributed by atoms with Crippen LogP contribution in [0.25, 0.3) is 0 Å². The highest BCUT2D eigenvalue weighted by molar-refractivity contribution is 5.47. The van der Waals surface area contributed by atoms with E-state index in [9.17, 15) is 9.50 Å². The quantitative estimate of drug-likeness (QED) is 0.905. The molecule has 2 aromatic rings. The summed E-state index contributed by atoms with van der Waals surface area (Å²) in [4.78, 5) is 11.2. The minimum atomic E-state index is -0.343. The van der Waals surface area contributed by atoms with Gasteiger partial charge in [0.2, 0.25) is 0 Å². The number of aliphatic hydroxyl groups excluding tert-OH is 1. The molecule has 1 atom stereocenters. The zero-order valence-corrected chi connectivity index (χ0v) is 15.0. The van der Waals surface area contributed by atoms with Gasteiger partial charge < -0.3 is 10.0 Å². The molecule has 0 spiro atoms. The van der Waals surface area contributed by atoms with Crippen LogP contribution in [0.5, 0.6) is 0 Å². The number of halogens is 1. The van der Waals surface area contributed by atoms with E-state index >= 15 is 0 Å². The summed E-state index contributed by atoms with van der Waals surface area (Å²) in [5.74, 6) is 1.52. The lowest BCUT2D eigenvalue weighted by Gasteiger charge is -2.43. The van der Waals surface area contributed by atoms with Crippen LogP contribution in [0.2, 0.25) is 0 Å². The van der Waals surface area contributed by atoms with Gasteiger partial charge in [-0.25, -0.2) is 14.4 Å². The normalized spacial score (nSPS) is 20.7. The maximum Gasteiger partial charge on any atom is 0.135 e. The molecule has 1 aromatic carbocycles. The van der Waals surface area contributed by atoms with Crippen LogP contribution in [0.1, 0.15) is 36.7 Å². The number of hydrogen-bond acceptors (Lipinski definition) is 4. The van der Waals surface area contributed by atoms with Gasteiger partial charge >= 0.3 is 0 Å². The SMILES string of the molecule is CCc1cnc(C)nc1N1CCC[C@@](CO)(Cc2ccccc2F)C1. The highest BCUT2D eigenvalue weighted by Gasteiger charge is 2.36. The molecule has 0 unspecified atom stereocenters. The second-order valence-corrected chi connectivity index (χ2v) is 7.07. The van der Waals surface area contributed by atoms with E-state index in [1.165, 1.54) is 6.07 Å². The van der Waals surface area contributed by atoms with Crippen LogP contribution in [-0.4, -0.2) is 34.8 Å². The number of nitrogens with zero attached hydrogens (tertiary/aromatic N) is 3. The molecule has 1 fully saturated rings. The highest BCUT2D eigenvalue weighted by Crippen LogP contribution is 2.36. The number of aromatic nitrogens is 2. The molecule has 0 radical (unpaired) electrons. The van der Waals surface area contributed by atoms with Crippen molar-refractivity contribution in [1.82, 2.24) is 9.97 Å². The van der Waals surface area contributed by atoms with Crippen LogP contribution in [0, 0.1) is 18.2 Å². The molecule has 4 nitrogen and oxygen atoms in total. The van der Waals surface area contributed by atoms with E-state index in [1.54, 1.807) is 6.07 Å². The summed E-state index contributed by atoms with van der Waals surface area (Å²) >= 11 is 0. The molecule has 0 aliphatic carbocycles. The van der Waals surface area contributed by atoms with Gasteiger partial charge in [0.25, 0.3) is 0 Å². The molecule has 0 saturated carbocycles. The topological polar surface area (TPSA) is 49.2 Å². The lowest BCUT2D eigenvalue weighted by molar-refractivity contribution is 0.104. The molecule has 3 rings (SSSR count). The summed E-state index contributed by atoms with van der Waals surface area (Å²) in [6.45, 7) is 5.62. The van der Waals surface area contributed by atoms with Crippen molar-refractivity contribution in [2.75, 3.05) is 24.6 Å². The lowest BCUT2D eigenvalue weighted by Crippen LogP contribution is -2.47. The fourth-order valence-electron chi connectivity index (χ4n) is 3.77. The van der Waals surface area contributed by atoms with Crippen molar-refractivity contribution in [2.24, 2.45) is 5.41 Å². The van der Waals surface area contributed by atoms with Gasteiger partial charge in [0.05, 0.1) is 6.61 Å². The van der Waals surface area contributed by atoms with Crippen LogP contribution >= 0.6 is 0 Å². The molecular formula is C20H26FN3O. The van der Waals surface area contributed by atoms with E-state index in [1.807, 2.05) is 25.3 Å². The van der Waals surface area contributed by atoms with Gasteiger partial charge in [-0.2, -0.15) is 0 Å². The van der Waals surface area contributed by atoms with Gasteiger partial charge in [0.1, 0.15) is 17.5 Å². The Morgan fingerprint density at radius 2 is 2.08 bits per heavy atom. The first-order valence-corrected chi connectivity index (χ1v) is 8.98. The van der Waals surface area contributed by atoms with Gasteiger partial charge in [-0.05, 0) is 44.2 Å². The molecule has 1 N–H and O–H groups in total. The fourth-order valence-corrected chi connectivity index (χ4v) is 3.77. The van der Waals surface area contributed by atoms with Gasteiger partial charge in [-0.3, -0.25) is 0 Å². The van der Waals surface area contributed by atoms with Crippen molar-refractivity contribution in [3.8, 4) is 0 Å². The number of rotatable bonds is 5. The van der Waals surface area contributed by atoms with Crippen molar-refractivity contribution in [3.05, 3.63) is 53.2 Å². The summed E-state index contributed by atoms with van der Waals surface area (Å²) in [6, 6.07) is 6.86. The first-order chi connectivity index (χ1) is 12.1. The molecular weight excluding hydrogens is 317 g/mol. The van der Waals surface area contributed by atoms with Gasteiger partial charge in [-0.1, -0.05) is 25.1 Å². The molecule has 1 aliphatic rings. The Hall–Kier alpha value is -2.01. The zero-order chi connectivity index (χ0) is 17.9. The van der Waals surface area contributed by atoms with Gasteiger partial charge in [-0.15, -0.1) is 0 Å². The Bertz CT molecular complexity index is 737. The molecule has 1 saturated heterocycles. The predicted molar refractivity (Wildman–Crippen MR) is 97.2 cm³/mol. The average molecular weight is 343 g/mol. The largest absolute Gasteiger partial charge is 0.396 e. The number of anilines is 1.